The lowest BCUT2D eigenvalue weighted by atomic mass is 10.1. The Morgan fingerprint density at radius 2 is 1.55 bits per heavy atom. The molecular weight excluding hydrogens is 280 g/mol. The van der Waals surface area contributed by atoms with E-state index in [4.69, 9.17) is 14.2 Å². The average molecular weight is 296 g/mol. The molecule has 0 aliphatic rings. The van der Waals surface area contributed by atoms with Gasteiger partial charge in [-0.3, -0.25) is 0 Å². The van der Waals surface area contributed by atoms with E-state index in [1.807, 2.05) is 43.3 Å². The van der Waals surface area contributed by atoms with Crippen LogP contribution < -0.4 is 14.2 Å². The molecular formula is C17H16N2O3. The predicted molar refractivity (Wildman–Crippen MR) is 83.9 cm³/mol. The fourth-order valence-corrected chi connectivity index (χ4v) is 2.24. The Morgan fingerprint density at radius 3 is 2.23 bits per heavy atom. The van der Waals surface area contributed by atoms with Gasteiger partial charge in [-0.1, -0.05) is 18.2 Å². The summed E-state index contributed by atoms with van der Waals surface area (Å²) in [6, 6.07) is 13.2. The molecule has 5 nitrogen and oxygen atoms in total. The molecule has 0 N–H and O–H groups in total. The Labute approximate surface area is 128 Å². The monoisotopic (exact) mass is 296 g/mol. The van der Waals surface area contributed by atoms with Crippen LogP contribution >= 0.6 is 0 Å². The quantitative estimate of drug-likeness (QED) is 0.734. The third-order valence-electron chi connectivity index (χ3n) is 3.35. The van der Waals surface area contributed by atoms with Crippen molar-refractivity contribution in [3.8, 4) is 23.0 Å². The van der Waals surface area contributed by atoms with Gasteiger partial charge in [-0.2, -0.15) is 5.10 Å². The molecule has 0 amide bonds. The maximum Gasteiger partial charge on any atom is 0.162 e. The first-order valence-electron chi connectivity index (χ1n) is 6.85. The summed E-state index contributed by atoms with van der Waals surface area (Å²) >= 11 is 0. The van der Waals surface area contributed by atoms with E-state index in [0.717, 1.165) is 11.1 Å². The maximum atomic E-state index is 6.00. The molecule has 22 heavy (non-hydrogen) atoms. The molecule has 1 aromatic heterocycles. The number of rotatable bonds is 4. The van der Waals surface area contributed by atoms with Crippen molar-refractivity contribution in [2.24, 2.45) is 0 Å². The molecule has 0 aliphatic carbocycles. The number of nitrogens with zero attached hydrogens (tertiary/aromatic N) is 2. The highest BCUT2D eigenvalue weighted by Crippen LogP contribution is 2.37. The molecule has 3 rings (SSSR count). The largest absolute Gasteiger partial charge is 0.493 e. The van der Waals surface area contributed by atoms with Crippen LogP contribution in [0.3, 0.4) is 0 Å². The molecule has 5 heteroatoms. The fraction of sp³-hybridized carbons (Fsp3) is 0.176. The van der Waals surface area contributed by atoms with Crippen LogP contribution in [0.1, 0.15) is 5.69 Å². The topological polar surface area (TPSA) is 53.5 Å². The first kappa shape index (κ1) is 14.1. The lowest BCUT2D eigenvalue weighted by Gasteiger charge is -2.13. The van der Waals surface area contributed by atoms with E-state index in [-0.39, 0.29) is 0 Å². The summed E-state index contributed by atoms with van der Waals surface area (Å²) in [7, 11) is 3.19. The molecule has 0 saturated carbocycles. The number of hydrogen-bond donors (Lipinski definition) is 0. The van der Waals surface area contributed by atoms with Gasteiger partial charge >= 0.3 is 0 Å². The zero-order valence-electron chi connectivity index (χ0n) is 12.7. The number of para-hydroxylation sites is 1. The second-order valence-electron chi connectivity index (χ2n) is 4.75. The second kappa shape index (κ2) is 5.89. The lowest BCUT2D eigenvalue weighted by molar-refractivity contribution is 0.355. The first-order chi connectivity index (χ1) is 10.7. The summed E-state index contributed by atoms with van der Waals surface area (Å²) in [4.78, 5) is 0. The van der Waals surface area contributed by atoms with Gasteiger partial charge in [0.25, 0.3) is 0 Å². The number of aryl methyl sites for hydroxylation is 1. The smallest absolute Gasteiger partial charge is 0.162 e. The minimum atomic E-state index is 0.610. The van der Waals surface area contributed by atoms with Gasteiger partial charge in [-0.25, -0.2) is 0 Å². The normalized spacial score (nSPS) is 10.5. The van der Waals surface area contributed by atoms with Crippen LogP contribution in [0.5, 0.6) is 23.0 Å². The third kappa shape index (κ3) is 2.53. The number of hydrogen-bond acceptors (Lipinski definition) is 5. The van der Waals surface area contributed by atoms with Crippen LogP contribution in [0, 0.1) is 6.92 Å². The Hall–Kier alpha value is -2.82. The van der Waals surface area contributed by atoms with Gasteiger partial charge in [0, 0.05) is 6.07 Å². The molecule has 1 heterocycles. The van der Waals surface area contributed by atoms with Gasteiger partial charge in [0.2, 0.25) is 0 Å². The van der Waals surface area contributed by atoms with Gasteiger partial charge in [-0.05, 0) is 25.1 Å². The van der Waals surface area contributed by atoms with Crippen LogP contribution in [0.2, 0.25) is 0 Å². The van der Waals surface area contributed by atoms with Gasteiger partial charge in [0.05, 0.1) is 19.6 Å². The Kier molecular flexibility index (Phi) is 3.78. The van der Waals surface area contributed by atoms with Crippen LogP contribution in [0.25, 0.3) is 10.9 Å². The van der Waals surface area contributed by atoms with Crippen molar-refractivity contribution in [3.63, 3.8) is 0 Å². The molecule has 2 aromatic carbocycles. The van der Waals surface area contributed by atoms with Gasteiger partial charge in [-0.15, -0.1) is 5.10 Å². The minimum absolute atomic E-state index is 0.610. The standard InChI is InChI=1S/C17H16N2O3/c1-11-17(22-12-7-5-4-6-8-12)13-9-15(20-2)16(21-3)10-14(13)19-18-11/h4-10H,1-3H3. The Bertz CT molecular complexity index is 804. The first-order valence-corrected chi connectivity index (χ1v) is 6.85. The van der Waals surface area contributed by atoms with Crippen molar-refractivity contribution in [3.05, 3.63) is 48.2 Å². The number of methoxy groups -OCH3 is 2. The van der Waals surface area contributed by atoms with E-state index in [1.165, 1.54) is 0 Å². The van der Waals surface area contributed by atoms with Gasteiger partial charge in [0.15, 0.2) is 17.2 Å². The molecule has 0 bridgehead atoms. The summed E-state index contributed by atoms with van der Waals surface area (Å²) in [6.07, 6.45) is 0. The van der Waals surface area contributed by atoms with E-state index < -0.39 is 0 Å². The van der Waals surface area contributed by atoms with Crippen LogP contribution in [-0.4, -0.2) is 24.4 Å². The third-order valence-corrected chi connectivity index (χ3v) is 3.35. The maximum absolute atomic E-state index is 6.00. The molecule has 0 saturated heterocycles. The van der Waals surface area contributed by atoms with Gasteiger partial charge in [0.1, 0.15) is 17.0 Å². The van der Waals surface area contributed by atoms with Crippen molar-refractivity contribution in [2.75, 3.05) is 14.2 Å². The molecule has 0 aliphatic heterocycles. The summed E-state index contributed by atoms with van der Waals surface area (Å²) in [5.74, 6) is 2.64. The predicted octanol–water partition coefficient (Wildman–Crippen LogP) is 3.75. The highest BCUT2D eigenvalue weighted by Gasteiger charge is 2.14. The molecule has 0 unspecified atom stereocenters. The van der Waals surface area contributed by atoms with E-state index in [9.17, 15) is 0 Å². The Balaban J connectivity index is 2.17. The molecule has 0 atom stereocenters. The fourth-order valence-electron chi connectivity index (χ4n) is 2.24. The number of fused-ring (bicyclic) bond motifs is 1. The van der Waals surface area contributed by atoms with Crippen LogP contribution in [-0.2, 0) is 0 Å². The average Bonchev–Trinajstić information content (AvgIpc) is 2.57. The number of benzene rings is 2. The molecule has 0 fully saturated rings. The highest BCUT2D eigenvalue weighted by molar-refractivity contribution is 5.88. The summed E-state index contributed by atoms with van der Waals surface area (Å²) in [6.45, 7) is 1.86. The van der Waals surface area contributed by atoms with Crippen LogP contribution in [0.4, 0.5) is 0 Å². The molecule has 3 aromatic rings. The SMILES string of the molecule is COc1cc2nnc(C)c(Oc3ccccc3)c2cc1OC. The highest BCUT2D eigenvalue weighted by atomic mass is 16.5. The van der Waals surface area contributed by atoms with Crippen molar-refractivity contribution in [1.29, 1.82) is 0 Å². The zero-order chi connectivity index (χ0) is 15.5. The molecule has 0 spiro atoms. The Morgan fingerprint density at radius 1 is 0.864 bits per heavy atom. The lowest BCUT2D eigenvalue weighted by Crippen LogP contribution is -1.97. The second-order valence-corrected chi connectivity index (χ2v) is 4.75. The van der Waals surface area contributed by atoms with Crippen molar-refractivity contribution < 1.29 is 14.2 Å². The zero-order valence-corrected chi connectivity index (χ0v) is 12.7. The molecule has 112 valence electrons. The minimum Gasteiger partial charge on any atom is -0.493 e. The summed E-state index contributed by atoms with van der Waals surface area (Å²) in [5, 5.41) is 9.19. The van der Waals surface area contributed by atoms with Crippen molar-refractivity contribution in [1.82, 2.24) is 10.2 Å². The van der Waals surface area contributed by atoms with E-state index in [2.05, 4.69) is 10.2 Å². The van der Waals surface area contributed by atoms with Crippen molar-refractivity contribution in [2.45, 2.75) is 6.92 Å². The summed E-state index contributed by atoms with van der Waals surface area (Å²) < 4.78 is 16.7. The molecule has 0 radical (unpaired) electrons. The number of aromatic nitrogens is 2. The van der Waals surface area contributed by atoms with Crippen molar-refractivity contribution >= 4 is 10.9 Å². The van der Waals surface area contributed by atoms with E-state index >= 15 is 0 Å². The van der Waals surface area contributed by atoms with Gasteiger partial charge < -0.3 is 14.2 Å². The van der Waals surface area contributed by atoms with Crippen LogP contribution in [0.15, 0.2) is 42.5 Å². The van der Waals surface area contributed by atoms with E-state index in [1.54, 1.807) is 20.3 Å². The van der Waals surface area contributed by atoms with E-state index in [0.29, 0.717) is 28.5 Å². The number of ether oxygens (including phenoxy) is 3. The summed E-state index contributed by atoms with van der Waals surface area (Å²) in [5.41, 5.74) is 1.40.